The Hall–Kier alpha value is -2.33. The molecule has 0 amide bonds. The Labute approximate surface area is 138 Å². The van der Waals surface area contributed by atoms with Crippen LogP contribution in [0.3, 0.4) is 0 Å². The first-order valence-electron chi connectivity index (χ1n) is 7.73. The van der Waals surface area contributed by atoms with Crippen molar-refractivity contribution in [3.8, 4) is 6.07 Å². The van der Waals surface area contributed by atoms with Gasteiger partial charge in [0.05, 0.1) is 12.1 Å². The highest BCUT2D eigenvalue weighted by atomic mass is 19.4. The number of fused-ring (bicyclic) bond motifs is 1. The maximum absolute atomic E-state index is 12.6. The van der Waals surface area contributed by atoms with Crippen molar-refractivity contribution < 1.29 is 13.2 Å². The minimum Gasteiger partial charge on any atom is -0.368 e. The van der Waals surface area contributed by atoms with Crippen LogP contribution in [0.15, 0.2) is 30.3 Å². The number of hydrogen-bond donors (Lipinski definition) is 0. The van der Waals surface area contributed by atoms with E-state index in [4.69, 9.17) is 0 Å². The van der Waals surface area contributed by atoms with E-state index >= 15 is 0 Å². The molecule has 2 heterocycles. The molecule has 7 heteroatoms. The topological polar surface area (TPSA) is 43.2 Å². The van der Waals surface area contributed by atoms with Crippen molar-refractivity contribution in [3.63, 3.8) is 0 Å². The summed E-state index contributed by atoms with van der Waals surface area (Å²) in [6.45, 7) is 2.21. The molecule has 4 nitrogen and oxygen atoms in total. The monoisotopic (exact) mass is 334 g/mol. The Morgan fingerprint density at radius 1 is 1.29 bits per heavy atom. The number of para-hydroxylation sites is 1. The van der Waals surface area contributed by atoms with Gasteiger partial charge < -0.3 is 4.90 Å². The van der Waals surface area contributed by atoms with Crippen LogP contribution in [0, 0.1) is 11.3 Å². The molecule has 24 heavy (non-hydrogen) atoms. The van der Waals surface area contributed by atoms with E-state index in [0.717, 1.165) is 16.6 Å². The number of alkyl halides is 3. The smallest absolute Gasteiger partial charge is 0.368 e. The van der Waals surface area contributed by atoms with Crippen LogP contribution in [-0.2, 0) is 0 Å². The molecule has 0 radical (unpaired) electrons. The van der Waals surface area contributed by atoms with Gasteiger partial charge in [0.1, 0.15) is 11.8 Å². The van der Waals surface area contributed by atoms with Gasteiger partial charge in [-0.05, 0) is 19.1 Å². The number of piperazine rings is 1. The molecule has 0 spiro atoms. The minimum atomic E-state index is -4.19. The summed E-state index contributed by atoms with van der Waals surface area (Å²) >= 11 is 0. The van der Waals surface area contributed by atoms with E-state index in [1.807, 2.05) is 29.2 Å². The van der Waals surface area contributed by atoms with Gasteiger partial charge >= 0.3 is 6.18 Å². The summed E-state index contributed by atoms with van der Waals surface area (Å²) < 4.78 is 37.9. The minimum absolute atomic E-state index is 0.224. The van der Waals surface area contributed by atoms with E-state index in [2.05, 4.69) is 11.1 Å². The number of nitrogens with zero attached hydrogens (tertiary/aromatic N) is 4. The third-order valence-corrected chi connectivity index (χ3v) is 4.30. The maximum atomic E-state index is 12.6. The SMILES string of the molecule is CC1CN(c2cc(C#N)nc3ccccc23)CCN1CC(F)(F)F. The van der Waals surface area contributed by atoms with Crippen LogP contribution >= 0.6 is 0 Å². The standard InChI is InChI=1S/C17H17F3N4/c1-12-10-23(6-7-24(12)11-17(18,19)20)16-8-13(9-21)22-15-5-3-2-4-14(15)16/h2-5,8,12H,6-7,10-11H2,1H3. The fourth-order valence-corrected chi connectivity index (χ4v) is 3.16. The number of halogens is 3. The summed E-state index contributed by atoms with van der Waals surface area (Å²) in [4.78, 5) is 7.78. The first-order chi connectivity index (χ1) is 11.4. The Morgan fingerprint density at radius 3 is 2.71 bits per heavy atom. The zero-order valence-electron chi connectivity index (χ0n) is 13.2. The van der Waals surface area contributed by atoms with Gasteiger partial charge in [-0.1, -0.05) is 18.2 Å². The Balaban J connectivity index is 1.89. The van der Waals surface area contributed by atoms with E-state index in [0.29, 0.717) is 25.3 Å². The number of hydrogen-bond acceptors (Lipinski definition) is 4. The molecule has 1 saturated heterocycles. The van der Waals surface area contributed by atoms with Crippen LogP contribution < -0.4 is 4.90 Å². The van der Waals surface area contributed by atoms with Crippen LogP contribution in [0.5, 0.6) is 0 Å². The van der Waals surface area contributed by atoms with Crippen molar-refractivity contribution in [1.82, 2.24) is 9.88 Å². The summed E-state index contributed by atoms with van der Waals surface area (Å²) in [5.74, 6) is 0. The highest BCUT2D eigenvalue weighted by Gasteiger charge is 2.35. The Morgan fingerprint density at radius 2 is 2.04 bits per heavy atom. The molecule has 1 aliphatic rings. The van der Waals surface area contributed by atoms with Crippen molar-refractivity contribution in [1.29, 1.82) is 5.26 Å². The molecule has 0 saturated carbocycles. The van der Waals surface area contributed by atoms with E-state index in [9.17, 15) is 18.4 Å². The summed E-state index contributed by atoms with van der Waals surface area (Å²) in [7, 11) is 0. The number of benzene rings is 1. The molecule has 0 bridgehead atoms. The second-order valence-corrected chi connectivity index (χ2v) is 6.04. The predicted molar refractivity (Wildman–Crippen MR) is 85.8 cm³/mol. The van der Waals surface area contributed by atoms with Crippen molar-refractivity contribution in [2.75, 3.05) is 31.1 Å². The van der Waals surface area contributed by atoms with E-state index in [1.165, 1.54) is 4.90 Å². The van der Waals surface area contributed by atoms with Gasteiger partial charge in [0, 0.05) is 36.7 Å². The average Bonchev–Trinajstić information content (AvgIpc) is 2.54. The lowest BCUT2D eigenvalue weighted by Gasteiger charge is -2.41. The zero-order chi connectivity index (χ0) is 17.3. The molecule has 126 valence electrons. The average molecular weight is 334 g/mol. The maximum Gasteiger partial charge on any atom is 0.401 e. The van der Waals surface area contributed by atoms with Crippen molar-refractivity contribution in [2.24, 2.45) is 0 Å². The van der Waals surface area contributed by atoms with Crippen LogP contribution in [0.4, 0.5) is 18.9 Å². The normalized spacial score (nSPS) is 19.5. The van der Waals surface area contributed by atoms with Gasteiger partial charge in [-0.25, -0.2) is 4.98 Å². The van der Waals surface area contributed by atoms with Crippen molar-refractivity contribution >= 4 is 16.6 Å². The first kappa shape index (κ1) is 16.5. The Bertz CT molecular complexity index is 781. The van der Waals surface area contributed by atoms with Gasteiger partial charge in [-0.15, -0.1) is 0 Å². The van der Waals surface area contributed by atoms with E-state index in [-0.39, 0.29) is 6.04 Å². The molecule has 1 unspecified atom stereocenters. The highest BCUT2D eigenvalue weighted by Crippen LogP contribution is 2.29. The second-order valence-electron chi connectivity index (χ2n) is 6.04. The van der Waals surface area contributed by atoms with Gasteiger partial charge in [-0.3, -0.25) is 4.90 Å². The summed E-state index contributed by atoms with van der Waals surface area (Å²) in [5.41, 5.74) is 1.89. The summed E-state index contributed by atoms with van der Waals surface area (Å²) in [6.07, 6.45) is -4.19. The molecule has 1 aromatic heterocycles. The Kier molecular flexibility index (Phi) is 4.33. The van der Waals surface area contributed by atoms with E-state index < -0.39 is 12.7 Å². The lowest BCUT2D eigenvalue weighted by Crippen LogP contribution is -2.54. The summed E-state index contributed by atoms with van der Waals surface area (Å²) in [6, 6.07) is 11.0. The van der Waals surface area contributed by atoms with Gasteiger partial charge in [0.2, 0.25) is 0 Å². The number of rotatable bonds is 2. The largest absolute Gasteiger partial charge is 0.401 e. The van der Waals surface area contributed by atoms with Gasteiger partial charge in [-0.2, -0.15) is 18.4 Å². The quantitative estimate of drug-likeness (QED) is 0.846. The second kappa shape index (κ2) is 6.29. The molecule has 1 fully saturated rings. The van der Waals surface area contributed by atoms with E-state index in [1.54, 1.807) is 13.0 Å². The molecule has 2 aromatic rings. The fraction of sp³-hybridized carbons (Fsp3) is 0.412. The van der Waals surface area contributed by atoms with Crippen molar-refractivity contribution in [2.45, 2.75) is 19.1 Å². The highest BCUT2D eigenvalue weighted by molar-refractivity contribution is 5.92. The molecule has 0 aliphatic carbocycles. The first-order valence-corrected chi connectivity index (χ1v) is 7.73. The van der Waals surface area contributed by atoms with Crippen LogP contribution in [-0.4, -0.2) is 48.3 Å². The lowest BCUT2D eigenvalue weighted by atomic mass is 10.1. The lowest BCUT2D eigenvalue weighted by molar-refractivity contribution is -0.150. The van der Waals surface area contributed by atoms with Crippen LogP contribution in [0.25, 0.3) is 10.9 Å². The molecule has 1 aromatic carbocycles. The summed E-state index contributed by atoms with van der Waals surface area (Å²) in [5, 5.41) is 10.1. The van der Waals surface area contributed by atoms with Crippen LogP contribution in [0.1, 0.15) is 12.6 Å². The number of pyridine rings is 1. The molecule has 0 N–H and O–H groups in total. The third kappa shape index (κ3) is 3.44. The molecular formula is C17H17F3N4. The molecule has 3 rings (SSSR count). The number of anilines is 1. The molecule has 1 atom stereocenters. The third-order valence-electron chi connectivity index (χ3n) is 4.30. The predicted octanol–water partition coefficient (Wildman–Crippen LogP) is 3.18. The molecule has 1 aliphatic heterocycles. The number of nitriles is 1. The van der Waals surface area contributed by atoms with Crippen molar-refractivity contribution in [3.05, 3.63) is 36.0 Å². The fourth-order valence-electron chi connectivity index (χ4n) is 3.16. The van der Waals surface area contributed by atoms with Gasteiger partial charge in [0.25, 0.3) is 0 Å². The molecular weight excluding hydrogens is 317 g/mol. The van der Waals surface area contributed by atoms with Gasteiger partial charge in [0.15, 0.2) is 0 Å². The zero-order valence-corrected chi connectivity index (χ0v) is 13.2. The number of aromatic nitrogens is 1. The van der Waals surface area contributed by atoms with Crippen LogP contribution in [0.2, 0.25) is 0 Å².